The minimum Gasteiger partial charge on any atom is -0.294 e. The molecule has 18 heavy (non-hydrogen) atoms. The molecule has 3 aromatic rings. The summed E-state index contributed by atoms with van der Waals surface area (Å²) in [7, 11) is 0. The summed E-state index contributed by atoms with van der Waals surface area (Å²) in [4.78, 5) is 0. The van der Waals surface area contributed by atoms with Crippen LogP contribution in [0.3, 0.4) is 0 Å². The van der Waals surface area contributed by atoms with Gasteiger partial charge in [-0.2, -0.15) is 0 Å². The summed E-state index contributed by atoms with van der Waals surface area (Å²) < 4.78 is 15.0. The molecule has 0 aliphatic heterocycles. The van der Waals surface area contributed by atoms with Gasteiger partial charge in [0, 0.05) is 11.6 Å². The number of rotatable bonds is 2. The average Bonchev–Trinajstić information content (AvgIpc) is 2.74. The van der Waals surface area contributed by atoms with E-state index in [0.717, 1.165) is 16.6 Å². The van der Waals surface area contributed by atoms with Crippen molar-refractivity contribution >= 4 is 16.6 Å². The van der Waals surface area contributed by atoms with Crippen LogP contribution in [0, 0.1) is 12.7 Å². The second-order valence-electron chi connectivity index (χ2n) is 4.32. The zero-order chi connectivity index (χ0) is 12.5. The number of aromatic nitrogens is 1. The minimum atomic E-state index is -0.212. The van der Waals surface area contributed by atoms with Gasteiger partial charge in [0.2, 0.25) is 0 Å². The molecule has 2 nitrogen and oxygen atoms in total. The molecule has 0 radical (unpaired) electrons. The van der Waals surface area contributed by atoms with Crippen molar-refractivity contribution in [2.24, 2.45) is 0 Å². The number of aryl methyl sites for hydroxylation is 1. The quantitative estimate of drug-likeness (QED) is 0.717. The Morgan fingerprint density at radius 3 is 2.72 bits per heavy atom. The van der Waals surface area contributed by atoms with Crippen LogP contribution in [0.4, 0.5) is 10.1 Å². The highest BCUT2D eigenvalue weighted by molar-refractivity contribution is 5.80. The Hall–Kier alpha value is -2.29. The second kappa shape index (κ2) is 4.18. The first-order valence-corrected chi connectivity index (χ1v) is 5.83. The monoisotopic (exact) mass is 240 g/mol. The predicted octanol–water partition coefficient (Wildman–Crippen LogP) is 3.96. The lowest BCUT2D eigenvalue weighted by Crippen LogP contribution is -2.08. The van der Waals surface area contributed by atoms with E-state index in [0.29, 0.717) is 0 Å². The standard InChI is InChI=1S/C15H13FN2/c1-11-4-2-3-5-14(11)17-18-9-8-12-10-13(16)6-7-15(12)18/h2-10,17H,1H3. The van der Waals surface area contributed by atoms with Gasteiger partial charge in [-0.1, -0.05) is 18.2 Å². The van der Waals surface area contributed by atoms with Crippen LogP contribution in [0.5, 0.6) is 0 Å². The van der Waals surface area contributed by atoms with Gasteiger partial charge in [-0.15, -0.1) is 0 Å². The summed E-state index contributed by atoms with van der Waals surface area (Å²) in [6.07, 6.45) is 1.90. The first-order chi connectivity index (χ1) is 8.74. The normalized spacial score (nSPS) is 10.8. The van der Waals surface area contributed by atoms with Gasteiger partial charge in [0.05, 0.1) is 11.2 Å². The van der Waals surface area contributed by atoms with E-state index < -0.39 is 0 Å². The van der Waals surface area contributed by atoms with Crippen LogP contribution in [0.25, 0.3) is 10.9 Å². The molecule has 2 aromatic carbocycles. The molecule has 3 heteroatoms. The number of anilines is 1. The van der Waals surface area contributed by atoms with Crippen LogP contribution < -0.4 is 5.43 Å². The molecule has 3 rings (SSSR count). The Morgan fingerprint density at radius 1 is 1.06 bits per heavy atom. The first kappa shape index (κ1) is 10.8. The number of nitrogens with zero attached hydrogens (tertiary/aromatic N) is 1. The summed E-state index contributed by atoms with van der Waals surface area (Å²) in [6.45, 7) is 2.05. The number of nitrogens with one attached hydrogen (secondary N) is 1. The minimum absolute atomic E-state index is 0.212. The van der Waals surface area contributed by atoms with E-state index in [9.17, 15) is 4.39 Å². The topological polar surface area (TPSA) is 17.0 Å². The Morgan fingerprint density at radius 2 is 1.89 bits per heavy atom. The number of fused-ring (bicyclic) bond motifs is 1. The molecule has 1 heterocycles. The second-order valence-corrected chi connectivity index (χ2v) is 4.32. The Kier molecular flexibility index (Phi) is 2.52. The molecule has 0 amide bonds. The molecular weight excluding hydrogens is 227 g/mol. The van der Waals surface area contributed by atoms with Crippen LogP contribution in [-0.4, -0.2) is 4.68 Å². The largest absolute Gasteiger partial charge is 0.294 e. The van der Waals surface area contributed by atoms with Gasteiger partial charge < -0.3 is 0 Å². The smallest absolute Gasteiger partial charge is 0.123 e. The van der Waals surface area contributed by atoms with Crippen molar-refractivity contribution in [3.05, 3.63) is 66.1 Å². The van der Waals surface area contributed by atoms with Crippen molar-refractivity contribution in [3.63, 3.8) is 0 Å². The highest BCUT2D eigenvalue weighted by Gasteiger charge is 2.03. The van der Waals surface area contributed by atoms with Crippen LogP contribution in [0.2, 0.25) is 0 Å². The van der Waals surface area contributed by atoms with Crippen LogP contribution in [-0.2, 0) is 0 Å². The third kappa shape index (κ3) is 1.84. The zero-order valence-electron chi connectivity index (χ0n) is 10.0. The van der Waals surface area contributed by atoms with E-state index in [1.807, 2.05) is 48.1 Å². The Balaban J connectivity index is 2.03. The maximum Gasteiger partial charge on any atom is 0.123 e. The molecule has 0 spiro atoms. The first-order valence-electron chi connectivity index (χ1n) is 5.83. The number of benzene rings is 2. The lowest BCUT2D eigenvalue weighted by molar-refractivity contribution is 0.629. The predicted molar refractivity (Wildman–Crippen MR) is 72.1 cm³/mol. The lowest BCUT2D eigenvalue weighted by Gasteiger charge is -2.11. The fourth-order valence-electron chi connectivity index (χ4n) is 2.04. The van der Waals surface area contributed by atoms with Gasteiger partial charge in [-0.3, -0.25) is 10.1 Å². The highest BCUT2D eigenvalue weighted by Crippen LogP contribution is 2.19. The number of halogens is 1. The SMILES string of the molecule is Cc1ccccc1Nn1ccc2cc(F)ccc21. The molecule has 0 unspecified atom stereocenters. The van der Waals surface area contributed by atoms with E-state index in [1.54, 1.807) is 6.07 Å². The van der Waals surface area contributed by atoms with Crippen molar-refractivity contribution in [1.29, 1.82) is 0 Å². The van der Waals surface area contributed by atoms with Gasteiger partial charge in [0.15, 0.2) is 0 Å². The van der Waals surface area contributed by atoms with Crippen LogP contribution >= 0.6 is 0 Å². The maximum absolute atomic E-state index is 13.1. The van der Waals surface area contributed by atoms with Gasteiger partial charge in [-0.25, -0.2) is 4.39 Å². The molecule has 0 atom stereocenters. The number of para-hydroxylation sites is 1. The Bertz CT molecular complexity index is 701. The van der Waals surface area contributed by atoms with E-state index in [2.05, 4.69) is 5.43 Å². The lowest BCUT2D eigenvalue weighted by atomic mass is 10.2. The molecule has 0 bridgehead atoms. The van der Waals surface area contributed by atoms with Crippen LogP contribution in [0.15, 0.2) is 54.7 Å². The van der Waals surface area contributed by atoms with E-state index in [-0.39, 0.29) is 5.82 Å². The van der Waals surface area contributed by atoms with Crippen LogP contribution in [0.1, 0.15) is 5.56 Å². The molecular formula is C15H13FN2. The van der Waals surface area contributed by atoms with Gasteiger partial charge in [0.25, 0.3) is 0 Å². The average molecular weight is 240 g/mol. The summed E-state index contributed by atoms with van der Waals surface area (Å²) in [5.41, 5.74) is 6.48. The maximum atomic E-state index is 13.1. The Labute approximate surface area is 105 Å². The summed E-state index contributed by atoms with van der Waals surface area (Å²) in [5.74, 6) is -0.212. The molecule has 0 aliphatic carbocycles. The van der Waals surface area contributed by atoms with Crippen molar-refractivity contribution in [1.82, 2.24) is 4.68 Å². The van der Waals surface area contributed by atoms with Crippen molar-refractivity contribution < 1.29 is 4.39 Å². The molecule has 0 saturated heterocycles. The molecule has 90 valence electrons. The fraction of sp³-hybridized carbons (Fsp3) is 0.0667. The zero-order valence-corrected chi connectivity index (χ0v) is 10.0. The van der Waals surface area contributed by atoms with Gasteiger partial charge >= 0.3 is 0 Å². The van der Waals surface area contributed by atoms with Gasteiger partial charge in [0.1, 0.15) is 5.82 Å². The van der Waals surface area contributed by atoms with E-state index in [4.69, 9.17) is 0 Å². The van der Waals surface area contributed by atoms with Crippen molar-refractivity contribution in [3.8, 4) is 0 Å². The molecule has 1 N–H and O–H groups in total. The van der Waals surface area contributed by atoms with Gasteiger partial charge in [-0.05, 0) is 42.8 Å². The summed E-state index contributed by atoms with van der Waals surface area (Å²) in [6, 6.07) is 14.7. The highest BCUT2D eigenvalue weighted by atomic mass is 19.1. The summed E-state index contributed by atoms with van der Waals surface area (Å²) in [5, 5.41) is 0.885. The third-order valence-electron chi connectivity index (χ3n) is 3.04. The third-order valence-corrected chi connectivity index (χ3v) is 3.04. The fourth-order valence-corrected chi connectivity index (χ4v) is 2.04. The van der Waals surface area contributed by atoms with Crippen molar-refractivity contribution in [2.45, 2.75) is 6.92 Å². The van der Waals surface area contributed by atoms with E-state index >= 15 is 0 Å². The van der Waals surface area contributed by atoms with Crippen molar-refractivity contribution in [2.75, 3.05) is 5.43 Å². The molecule has 0 saturated carbocycles. The number of hydrogen-bond donors (Lipinski definition) is 1. The molecule has 1 aromatic heterocycles. The number of hydrogen-bond acceptors (Lipinski definition) is 1. The molecule has 0 fully saturated rings. The van der Waals surface area contributed by atoms with E-state index in [1.165, 1.54) is 17.7 Å². The molecule has 0 aliphatic rings. The summed E-state index contributed by atoms with van der Waals surface area (Å²) >= 11 is 0.